The van der Waals surface area contributed by atoms with Crippen LogP contribution in [-0.4, -0.2) is 4.98 Å². The van der Waals surface area contributed by atoms with Crippen LogP contribution in [-0.2, 0) is 0 Å². The van der Waals surface area contributed by atoms with Gasteiger partial charge in [0.2, 0.25) is 0 Å². The molecule has 0 saturated carbocycles. The van der Waals surface area contributed by atoms with Crippen molar-refractivity contribution in [2.75, 3.05) is 4.90 Å². The van der Waals surface area contributed by atoms with E-state index in [1.807, 2.05) is 18.2 Å². The highest BCUT2D eigenvalue weighted by Gasteiger charge is 2.23. The van der Waals surface area contributed by atoms with E-state index < -0.39 is 0 Å². The van der Waals surface area contributed by atoms with Gasteiger partial charge in [-0.1, -0.05) is 115 Å². The molecule has 0 bridgehead atoms. The van der Waals surface area contributed by atoms with E-state index in [-0.39, 0.29) is 5.82 Å². The fourth-order valence-corrected chi connectivity index (χ4v) is 6.35. The third kappa shape index (κ3) is 3.82. The number of pyridine rings is 1. The van der Waals surface area contributed by atoms with Crippen LogP contribution < -0.4 is 4.90 Å². The fraction of sp³-hybridized carbons (Fsp3) is 0. The maximum absolute atomic E-state index is 14.1. The first-order valence-electron chi connectivity index (χ1n) is 14.1. The molecule has 8 aromatic rings. The molecule has 0 amide bonds. The summed E-state index contributed by atoms with van der Waals surface area (Å²) in [6, 6.07) is 50.2. The standard InChI is InChI=1S/C39H25FN2/c40-27-22-23-37(41-25-27)42(28-13-2-1-3-14-28)39-34-20-10-8-18-32(34)38(33-19-9-11-21-35(33)39)36-24-26-12-4-5-15-29(26)30-16-6-7-17-31(30)36/h1-25H. The molecular weight excluding hydrogens is 515 g/mol. The zero-order chi connectivity index (χ0) is 28.0. The first kappa shape index (κ1) is 24.3. The summed E-state index contributed by atoms with van der Waals surface area (Å²) in [6.07, 6.45) is 1.28. The molecule has 0 aliphatic rings. The van der Waals surface area contributed by atoms with Gasteiger partial charge in [-0.25, -0.2) is 9.37 Å². The number of fused-ring (bicyclic) bond motifs is 5. The summed E-state index contributed by atoms with van der Waals surface area (Å²) in [5, 5.41) is 9.41. The zero-order valence-corrected chi connectivity index (χ0v) is 22.7. The molecule has 0 fully saturated rings. The average Bonchev–Trinajstić information content (AvgIpc) is 3.06. The van der Waals surface area contributed by atoms with E-state index in [1.165, 1.54) is 44.9 Å². The van der Waals surface area contributed by atoms with Crippen LogP contribution in [0.25, 0.3) is 54.2 Å². The first-order chi connectivity index (χ1) is 20.8. The summed E-state index contributed by atoms with van der Waals surface area (Å²) in [7, 11) is 0. The van der Waals surface area contributed by atoms with Gasteiger partial charge in [0, 0.05) is 16.5 Å². The molecule has 0 N–H and O–H groups in total. The topological polar surface area (TPSA) is 16.1 Å². The van der Waals surface area contributed by atoms with Gasteiger partial charge in [-0.15, -0.1) is 0 Å². The molecule has 7 aromatic carbocycles. The molecule has 3 heteroatoms. The molecule has 0 aliphatic heterocycles. The maximum atomic E-state index is 14.1. The van der Waals surface area contributed by atoms with Crippen molar-refractivity contribution in [3.05, 3.63) is 158 Å². The van der Waals surface area contributed by atoms with E-state index in [1.54, 1.807) is 6.07 Å². The molecule has 0 saturated heterocycles. The lowest BCUT2D eigenvalue weighted by Gasteiger charge is -2.28. The summed E-state index contributed by atoms with van der Waals surface area (Å²) in [5.74, 6) is 0.293. The SMILES string of the molecule is Fc1ccc(N(c2ccccc2)c2c3ccccc3c(-c3cc4ccccc4c4ccccc34)c3ccccc23)nc1. The number of halogens is 1. The van der Waals surface area contributed by atoms with Gasteiger partial charge in [0.15, 0.2) is 0 Å². The van der Waals surface area contributed by atoms with Gasteiger partial charge in [-0.2, -0.15) is 0 Å². The van der Waals surface area contributed by atoms with Crippen LogP contribution in [0.15, 0.2) is 152 Å². The Hall–Kier alpha value is -5.54. The summed E-state index contributed by atoms with van der Waals surface area (Å²) in [6.45, 7) is 0. The van der Waals surface area contributed by atoms with Crippen molar-refractivity contribution in [2.45, 2.75) is 0 Å². The minimum Gasteiger partial charge on any atom is -0.294 e. The van der Waals surface area contributed by atoms with E-state index in [0.717, 1.165) is 32.9 Å². The fourth-order valence-electron chi connectivity index (χ4n) is 6.35. The minimum atomic E-state index is -0.361. The molecule has 0 atom stereocenters. The molecule has 198 valence electrons. The molecule has 8 rings (SSSR count). The molecule has 1 heterocycles. The van der Waals surface area contributed by atoms with Crippen LogP contribution in [0.1, 0.15) is 0 Å². The Bertz CT molecular complexity index is 2200. The lowest BCUT2D eigenvalue weighted by atomic mass is 9.86. The summed E-state index contributed by atoms with van der Waals surface area (Å²) in [5.41, 5.74) is 4.37. The largest absolute Gasteiger partial charge is 0.294 e. The van der Waals surface area contributed by atoms with Crippen LogP contribution in [0.5, 0.6) is 0 Å². The van der Waals surface area contributed by atoms with Crippen LogP contribution in [0.4, 0.5) is 21.6 Å². The number of nitrogens with zero attached hydrogens (tertiary/aromatic N) is 2. The quantitative estimate of drug-likeness (QED) is 0.163. The van der Waals surface area contributed by atoms with E-state index in [0.29, 0.717) is 5.82 Å². The Kier molecular flexibility index (Phi) is 5.68. The normalized spacial score (nSPS) is 11.5. The molecule has 0 unspecified atom stereocenters. The summed E-state index contributed by atoms with van der Waals surface area (Å²) in [4.78, 5) is 6.70. The number of aromatic nitrogens is 1. The number of para-hydroxylation sites is 1. The highest BCUT2D eigenvalue weighted by Crippen LogP contribution is 2.49. The Morgan fingerprint density at radius 1 is 0.476 bits per heavy atom. The van der Waals surface area contributed by atoms with Gasteiger partial charge in [0.25, 0.3) is 0 Å². The molecule has 1 aromatic heterocycles. The lowest BCUT2D eigenvalue weighted by Crippen LogP contribution is -2.13. The van der Waals surface area contributed by atoms with Gasteiger partial charge in [-0.3, -0.25) is 4.90 Å². The highest BCUT2D eigenvalue weighted by molar-refractivity contribution is 6.26. The van der Waals surface area contributed by atoms with Crippen LogP contribution in [0, 0.1) is 5.82 Å². The second kappa shape index (κ2) is 9.83. The Labute approximate surface area is 242 Å². The van der Waals surface area contributed by atoms with Crippen molar-refractivity contribution in [1.82, 2.24) is 4.98 Å². The molecule has 0 spiro atoms. The molecule has 0 radical (unpaired) electrons. The predicted octanol–water partition coefficient (Wildman–Crippen LogP) is 11.0. The zero-order valence-electron chi connectivity index (χ0n) is 22.7. The van der Waals surface area contributed by atoms with Gasteiger partial charge in [-0.05, 0) is 73.8 Å². The van der Waals surface area contributed by atoms with E-state index in [2.05, 4.69) is 125 Å². The van der Waals surface area contributed by atoms with E-state index in [4.69, 9.17) is 0 Å². The van der Waals surface area contributed by atoms with Crippen molar-refractivity contribution >= 4 is 60.3 Å². The second-order valence-corrected chi connectivity index (χ2v) is 10.5. The second-order valence-electron chi connectivity index (χ2n) is 10.5. The van der Waals surface area contributed by atoms with Gasteiger partial charge >= 0.3 is 0 Å². The van der Waals surface area contributed by atoms with E-state index >= 15 is 0 Å². The Morgan fingerprint density at radius 3 is 1.67 bits per heavy atom. The number of rotatable bonds is 4. The highest BCUT2D eigenvalue weighted by atomic mass is 19.1. The molecular formula is C39H25FN2. The van der Waals surface area contributed by atoms with Crippen molar-refractivity contribution in [1.29, 1.82) is 0 Å². The number of benzene rings is 7. The first-order valence-corrected chi connectivity index (χ1v) is 14.1. The van der Waals surface area contributed by atoms with Gasteiger partial charge < -0.3 is 0 Å². The lowest BCUT2D eigenvalue weighted by molar-refractivity contribution is 0.621. The minimum absolute atomic E-state index is 0.361. The smallest absolute Gasteiger partial charge is 0.141 e. The van der Waals surface area contributed by atoms with Crippen LogP contribution >= 0.6 is 0 Å². The van der Waals surface area contributed by atoms with Crippen molar-refractivity contribution in [3.8, 4) is 11.1 Å². The van der Waals surface area contributed by atoms with Crippen molar-refractivity contribution in [2.24, 2.45) is 0 Å². The molecule has 0 aliphatic carbocycles. The number of anilines is 3. The third-order valence-electron chi connectivity index (χ3n) is 8.12. The van der Waals surface area contributed by atoms with Gasteiger partial charge in [0.1, 0.15) is 11.6 Å². The van der Waals surface area contributed by atoms with Gasteiger partial charge in [0.05, 0.1) is 11.9 Å². The molecule has 42 heavy (non-hydrogen) atoms. The van der Waals surface area contributed by atoms with Crippen molar-refractivity contribution < 1.29 is 4.39 Å². The number of hydrogen-bond acceptors (Lipinski definition) is 2. The Morgan fingerprint density at radius 2 is 1.02 bits per heavy atom. The van der Waals surface area contributed by atoms with E-state index in [9.17, 15) is 4.39 Å². The van der Waals surface area contributed by atoms with Crippen LogP contribution in [0.2, 0.25) is 0 Å². The monoisotopic (exact) mass is 540 g/mol. The Balaban J connectivity index is 1.54. The molecule has 2 nitrogen and oxygen atoms in total. The third-order valence-corrected chi connectivity index (χ3v) is 8.12. The number of hydrogen-bond donors (Lipinski definition) is 0. The summed E-state index contributed by atoms with van der Waals surface area (Å²) >= 11 is 0. The predicted molar refractivity (Wildman–Crippen MR) is 174 cm³/mol. The van der Waals surface area contributed by atoms with Crippen LogP contribution in [0.3, 0.4) is 0 Å². The summed E-state index contributed by atoms with van der Waals surface area (Å²) < 4.78 is 14.1. The average molecular weight is 541 g/mol. The van der Waals surface area contributed by atoms with Crippen molar-refractivity contribution in [3.63, 3.8) is 0 Å². The maximum Gasteiger partial charge on any atom is 0.141 e.